The zero-order chi connectivity index (χ0) is 31.7. The average Bonchev–Trinajstić information content (AvgIpc) is 3.79. The Kier molecular flexibility index (Phi) is 8.50. The van der Waals surface area contributed by atoms with Gasteiger partial charge >= 0.3 is 6.18 Å². The van der Waals surface area contributed by atoms with Crippen LogP contribution >= 0.6 is 0 Å². The second-order valence-electron chi connectivity index (χ2n) is 11.9. The van der Waals surface area contributed by atoms with Gasteiger partial charge in [0.2, 0.25) is 11.8 Å². The molecule has 9 nitrogen and oxygen atoms in total. The van der Waals surface area contributed by atoms with E-state index in [4.69, 9.17) is 4.74 Å². The Morgan fingerprint density at radius 3 is 2.56 bits per heavy atom. The molecule has 3 heterocycles. The first-order chi connectivity index (χ1) is 21.6. The first-order valence-electron chi connectivity index (χ1n) is 15.0. The molecule has 4 unspecified atom stereocenters. The molecule has 2 aliphatic heterocycles. The lowest BCUT2D eigenvalue weighted by atomic mass is 9.91. The van der Waals surface area contributed by atoms with Gasteiger partial charge in [0.25, 0.3) is 0 Å². The van der Waals surface area contributed by atoms with E-state index >= 15 is 0 Å². The number of nitrogens with zero attached hydrogens (tertiary/aromatic N) is 4. The lowest BCUT2D eigenvalue weighted by Crippen LogP contribution is -2.51. The van der Waals surface area contributed by atoms with Gasteiger partial charge in [-0.15, -0.1) is 5.10 Å². The quantitative estimate of drug-likeness (QED) is 0.306. The van der Waals surface area contributed by atoms with Crippen molar-refractivity contribution in [3.63, 3.8) is 0 Å². The van der Waals surface area contributed by atoms with Gasteiger partial charge in [-0.25, -0.2) is 4.68 Å². The molecule has 0 bridgehead atoms. The topological polar surface area (TPSA) is 101 Å². The maximum Gasteiger partial charge on any atom is 0.416 e. The molecule has 1 aromatic heterocycles. The van der Waals surface area contributed by atoms with E-state index in [0.717, 1.165) is 34.0 Å². The van der Waals surface area contributed by atoms with E-state index in [1.807, 2.05) is 42.5 Å². The van der Waals surface area contributed by atoms with Gasteiger partial charge in [-0.2, -0.15) is 13.2 Å². The number of fused-ring (bicyclic) bond motifs is 1. The third-order valence-electron chi connectivity index (χ3n) is 8.93. The molecule has 236 valence electrons. The molecule has 3 aromatic carbocycles. The van der Waals surface area contributed by atoms with E-state index in [2.05, 4.69) is 20.9 Å². The number of likely N-dealkylation sites (tertiary alicyclic amines) is 1. The number of aryl methyl sites for hydroxylation is 1. The summed E-state index contributed by atoms with van der Waals surface area (Å²) >= 11 is 0. The number of hydrogen-bond donors (Lipinski definition) is 2. The molecule has 4 atom stereocenters. The Balaban J connectivity index is 1.18. The van der Waals surface area contributed by atoms with Crippen LogP contribution in [0, 0.1) is 5.92 Å². The van der Waals surface area contributed by atoms with Gasteiger partial charge in [0.1, 0.15) is 17.3 Å². The van der Waals surface area contributed by atoms with E-state index in [9.17, 15) is 22.8 Å². The standard InChI is InChI=1S/C33H35F3N6O3/c1-41-29-12-9-21(14-27(29)39-40-41)17-38-31(43)30-15-22(13-20-7-10-24(45-2)11-8-20)19-42(30)32(44)28-16-23(18-37-28)25-5-3-4-6-26(25)33(34,35)36/h3-12,14,22-23,28,30,37H,13,15-19H2,1-2H3,(H,38,43). The Morgan fingerprint density at radius 1 is 1.04 bits per heavy atom. The van der Waals surface area contributed by atoms with Crippen LogP contribution in [0.2, 0.25) is 0 Å². The number of benzene rings is 3. The van der Waals surface area contributed by atoms with Gasteiger partial charge in [0.15, 0.2) is 0 Å². The van der Waals surface area contributed by atoms with Crippen LogP contribution in [0.15, 0.2) is 66.7 Å². The third-order valence-corrected chi connectivity index (χ3v) is 8.93. The minimum Gasteiger partial charge on any atom is -0.497 e. The van der Waals surface area contributed by atoms with Crippen LogP contribution in [-0.4, -0.2) is 64.0 Å². The number of methoxy groups -OCH3 is 1. The highest BCUT2D eigenvalue weighted by atomic mass is 19.4. The van der Waals surface area contributed by atoms with E-state index in [-0.39, 0.29) is 42.8 Å². The lowest BCUT2D eigenvalue weighted by molar-refractivity contribution is -0.139. The van der Waals surface area contributed by atoms with Gasteiger partial charge in [0, 0.05) is 26.7 Å². The number of alkyl halides is 3. The van der Waals surface area contributed by atoms with Crippen LogP contribution in [-0.2, 0) is 35.8 Å². The molecule has 0 aliphatic carbocycles. The number of rotatable bonds is 8. The summed E-state index contributed by atoms with van der Waals surface area (Å²) in [7, 11) is 3.41. The van der Waals surface area contributed by atoms with Crippen molar-refractivity contribution >= 4 is 22.8 Å². The number of ether oxygens (including phenoxy) is 1. The Labute approximate surface area is 258 Å². The zero-order valence-corrected chi connectivity index (χ0v) is 25.1. The van der Waals surface area contributed by atoms with Crippen LogP contribution in [0.4, 0.5) is 13.2 Å². The van der Waals surface area contributed by atoms with Gasteiger partial charge in [-0.3, -0.25) is 9.59 Å². The molecule has 2 fully saturated rings. The molecule has 0 saturated carbocycles. The zero-order valence-electron chi connectivity index (χ0n) is 25.1. The largest absolute Gasteiger partial charge is 0.497 e. The molecular formula is C33H35F3N6O3. The van der Waals surface area contributed by atoms with Crippen molar-refractivity contribution in [2.75, 3.05) is 20.2 Å². The van der Waals surface area contributed by atoms with E-state index in [1.165, 1.54) is 12.1 Å². The number of carbonyl (C=O) groups excluding carboxylic acids is 2. The number of amides is 2. The highest BCUT2D eigenvalue weighted by molar-refractivity contribution is 5.91. The third kappa shape index (κ3) is 6.51. The van der Waals surface area contributed by atoms with Crippen molar-refractivity contribution < 1.29 is 27.5 Å². The summed E-state index contributed by atoms with van der Waals surface area (Å²) in [4.78, 5) is 29.2. The van der Waals surface area contributed by atoms with Gasteiger partial charge in [-0.1, -0.05) is 41.6 Å². The maximum atomic E-state index is 14.0. The van der Waals surface area contributed by atoms with E-state index in [1.54, 1.807) is 29.8 Å². The fourth-order valence-corrected chi connectivity index (χ4v) is 6.63. The lowest BCUT2D eigenvalue weighted by Gasteiger charge is -2.27. The van der Waals surface area contributed by atoms with Crippen molar-refractivity contribution in [3.05, 3.63) is 89.0 Å². The van der Waals surface area contributed by atoms with Crippen LogP contribution in [0.25, 0.3) is 11.0 Å². The van der Waals surface area contributed by atoms with E-state index < -0.39 is 29.7 Å². The summed E-state index contributed by atoms with van der Waals surface area (Å²) in [6, 6.07) is 17.5. The summed E-state index contributed by atoms with van der Waals surface area (Å²) in [6.07, 6.45) is -3.12. The minimum atomic E-state index is -4.48. The molecule has 2 saturated heterocycles. The van der Waals surface area contributed by atoms with Crippen LogP contribution in [0.5, 0.6) is 5.75 Å². The molecule has 6 rings (SSSR count). The van der Waals surface area contributed by atoms with Gasteiger partial charge in [-0.05, 0) is 78.1 Å². The van der Waals surface area contributed by atoms with Crippen LogP contribution < -0.4 is 15.4 Å². The van der Waals surface area contributed by atoms with Crippen molar-refractivity contribution in [1.82, 2.24) is 30.5 Å². The molecule has 45 heavy (non-hydrogen) atoms. The second-order valence-corrected chi connectivity index (χ2v) is 11.9. The molecular weight excluding hydrogens is 585 g/mol. The minimum absolute atomic E-state index is 0.0252. The summed E-state index contributed by atoms with van der Waals surface area (Å²) < 4.78 is 48.1. The summed E-state index contributed by atoms with van der Waals surface area (Å²) in [5, 5.41) is 14.3. The Bertz CT molecular complexity index is 1690. The predicted octanol–water partition coefficient (Wildman–Crippen LogP) is 4.22. The summed E-state index contributed by atoms with van der Waals surface area (Å²) in [5.74, 6) is -0.236. The Morgan fingerprint density at radius 2 is 1.80 bits per heavy atom. The highest BCUT2D eigenvalue weighted by Gasteiger charge is 2.44. The number of halogens is 3. The second kappa shape index (κ2) is 12.5. The first kappa shape index (κ1) is 30.6. The monoisotopic (exact) mass is 620 g/mol. The smallest absolute Gasteiger partial charge is 0.416 e. The predicted molar refractivity (Wildman–Crippen MR) is 161 cm³/mol. The first-order valence-corrected chi connectivity index (χ1v) is 15.0. The maximum absolute atomic E-state index is 14.0. The fraction of sp³-hybridized carbons (Fsp3) is 0.394. The van der Waals surface area contributed by atoms with E-state index in [0.29, 0.717) is 19.4 Å². The van der Waals surface area contributed by atoms with Crippen molar-refractivity contribution in [2.45, 2.75) is 50.0 Å². The molecule has 0 spiro atoms. The van der Waals surface area contributed by atoms with Crippen molar-refractivity contribution in [3.8, 4) is 5.75 Å². The van der Waals surface area contributed by atoms with Crippen LogP contribution in [0.3, 0.4) is 0 Å². The molecule has 4 aromatic rings. The highest BCUT2D eigenvalue weighted by Crippen LogP contribution is 2.38. The van der Waals surface area contributed by atoms with Crippen molar-refractivity contribution in [2.24, 2.45) is 13.0 Å². The molecule has 0 radical (unpaired) electrons. The number of aromatic nitrogens is 3. The number of nitrogens with one attached hydrogen (secondary N) is 2. The molecule has 2 aliphatic rings. The normalized spacial score (nSPS) is 21.8. The summed E-state index contributed by atoms with van der Waals surface area (Å²) in [5.41, 5.74) is 3.01. The molecule has 2 N–H and O–H groups in total. The fourth-order valence-electron chi connectivity index (χ4n) is 6.63. The van der Waals surface area contributed by atoms with Gasteiger partial charge < -0.3 is 20.3 Å². The SMILES string of the molecule is COc1ccc(CC2CC(C(=O)NCc3ccc4c(c3)nnn4C)N(C(=O)C3CC(c4ccccc4C(F)(F)F)CN3)C2)cc1. The number of hydrogen-bond acceptors (Lipinski definition) is 6. The average molecular weight is 621 g/mol. The number of carbonyl (C=O) groups is 2. The summed E-state index contributed by atoms with van der Waals surface area (Å²) in [6.45, 7) is 0.871. The Hall–Kier alpha value is -4.45. The van der Waals surface area contributed by atoms with Crippen molar-refractivity contribution in [1.29, 1.82) is 0 Å². The molecule has 12 heteroatoms. The van der Waals surface area contributed by atoms with Crippen LogP contribution in [0.1, 0.15) is 41.0 Å². The van der Waals surface area contributed by atoms with Gasteiger partial charge in [0.05, 0.1) is 24.2 Å². The molecule has 2 amide bonds.